The van der Waals surface area contributed by atoms with Crippen LogP contribution in [0.2, 0.25) is 0 Å². The lowest BCUT2D eigenvalue weighted by molar-refractivity contribution is -0.129. The zero-order valence-corrected chi connectivity index (χ0v) is 22.9. The lowest BCUT2D eigenvalue weighted by Crippen LogP contribution is -2.55. The average molecular weight is 512 g/mol. The van der Waals surface area contributed by atoms with Crippen molar-refractivity contribution < 1.29 is 19.8 Å². The van der Waals surface area contributed by atoms with E-state index in [0.29, 0.717) is 37.4 Å². The number of H-pyrrole nitrogens is 1. The summed E-state index contributed by atoms with van der Waals surface area (Å²) in [6, 6.07) is 6.68. The molecule has 1 aliphatic carbocycles. The normalized spacial score (nSPS) is 19.9. The Hall–Kier alpha value is -2.38. The Morgan fingerprint density at radius 3 is 2.41 bits per heavy atom. The Morgan fingerprint density at radius 1 is 1.05 bits per heavy atom. The number of para-hydroxylation sites is 1. The molecule has 2 amide bonds. The summed E-state index contributed by atoms with van der Waals surface area (Å²) >= 11 is 0. The van der Waals surface area contributed by atoms with Gasteiger partial charge in [0.15, 0.2) is 0 Å². The van der Waals surface area contributed by atoms with Gasteiger partial charge in [-0.2, -0.15) is 0 Å². The van der Waals surface area contributed by atoms with Gasteiger partial charge in [-0.15, -0.1) is 0 Å². The van der Waals surface area contributed by atoms with Crippen molar-refractivity contribution in [2.45, 2.75) is 110 Å². The van der Waals surface area contributed by atoms with Gasteiger partial charge in [-0.1, -0.05) is 78.0 Å². The van der Waals surface area contributed by atoms with Crippen LogP contribution in [0.1, 0.15) is 95.1 Å². The number of nitrogens with zero attached hydrogens (tertiary/aromatic N) is 1. The molecule has 4 rings (SSSR count). The molecule has 1 aromatic heterocycles. The number of fused-ring (bicyclic) bond motifs is 3. The quantitative estimate of drug-likeness (QED) is 0.349. The average Bonchev–Trinajstić information content (AvgIpc) is 3.38. The van der Waals surface area contributed by atoms with Crippen molar-refractivity contribution in [3.05, 3.63) is 35.5 Å². The molecule has 7 heteroatoms. The van der Waals surface area contributed by atoms with Crippen molar-refractivity contribution in [3.8, 4) is 0 Å². The van der Waals surface area contributed by atoms with Gasteiger partial charge >= 0.3 is 0 Å². The van der Waals surface area contributed by atoms with Crippen LogP contribution < -0.4 is 5.32 Å². The van der Waals surface area contributed by atoms with Crippen LogP contribution in [0, 0.1) is 17.8 Å². The number of aromatic amines is 1. The highest BCUT2D eigenvalue weighted by Crippen LogP contribution is 2.33. The fraction of sp³-hybridized carbons (Fsp3) is 0.667. The third-order valence-electron chi connectivity index (χ3n) is 8.15. The largest absolute Gasteiger partial charge is 0.390 e. The molecule has 4 N–H and O–H groups in total. The molecule has 1 fully saturated rings. The van der Waals surface area contributed by atoms with E-state index in [4.69, 9.17) is 0 Å². The lowest BCUT2D eigenvalue weighted by atomic mass is 9.82. The van der Waals surface area contributed by atoms with Crippen molar-refractivity contribution in [3.63, 3.8) is 0 Å². The Kier molecular flexibility index (Phi) is 8.96. The van der Waals surface area contributed by atoms with Crippen LogP contribution in [-0.4, -0.2) is 56.2 Å². The Bertz CT molecular complexity index is 1070. The molecule has 7 nitrogen and oxygen atoms in total. The van der Waals surface area contributed by atoms with Gasteiger partial charge in [0.1, 0.15) is 17.8 Å². The maximum atomic E-state index is 13.8. The molecule has 1 aliphatic heterocycles. The second-order valence-electron chi connectivity index (χ2n) is 12.1. The third-order valence-corrected chi connectivity index (χ3v) is 8.15. The SMILES string of the molecule is CC(C)C[C@H](O)[C@@H](O)[C@H](CC1CCCCC1)NC(=O)[C@H](CC(C)C)N1Cc2c([nH]c3ccccc23)C1=O. The van der Waals surface area contributed by atoms with Gasteiger partial charge < -0.3 is 25.4 Å². The standard InChI is InChI=1S/C30H45N3O4/c1-18(2)14-25(33-17-22-21-12-8-9-13-23(21)31-27(22)30(33)37)29(36)32-24(16-20-10-6-5-7-11-20)28(35)26(34)15-19(3)4/h8-9,12-13,18-20,24-26,28,31,34-35H,5-7,10-11,14-17H2,1-4H3,(H,32,36)/t24-,25-,26-,28-/m0/s1. The van der Waals surface area contributed by atoms with Crippen LogP contribution in [-0.2, 0) is 11.3 Å². The van der Waals surface area contributed by atoms with Gasteiger partial charge in [-0.3, -0.25) is 9.59 Å². The summed E-state index contributed by atoms with van der Waals surface area (Å²) in [5.74, 6) is 0.454. The Morgan fingerprint density at radius 2 is 1.73 bits per heavy atom. The summed E-state index contributed by atoms with van der Waals surface area (Å²) in [4.78, 5) is 32.3. The highest BCUT2D eigenvalue weighted by atomic mass is 16.3. The van der Waals surface area contributed by atoms with Gasteiger partial charge in [0.05, 0.1) is 12.1 Å². The Balaban J connectivity index is 1.55. The summed E-state index contributed by atoms with van der Waals surface area (Å²) in [6.07, 6.45) is 5.43. The fourth-order valence-corrected chi connectivity index (χ4v) is 6.24. The molecule has 0 radical (unpaired) electrons. The lowest BCUT2D eigenvalue weighted by Gasteiger charge is -2.35. The van der Waals surface area contributed by atoms with Gasteiger partial charge in [-0.05, 0) is 43.1 Å². The first-order valence-electron chi connectivity index (χ1n) is 14.2. The molecule has 0 bridgehead atoms. The molecule has 2 aliphatic rings. The summed E-state index contributed by atoms with van der Waals surface area (Å²) in [6.45, 7) is 8.52. The first kappa shape index (κ1) is 27.6. The van der Waals surface area contributed by atoms with Crippen LogP contribution in [0.3, 0.4) is 0 Å². The predicted octanol–water partition coefficient (Wildman–Crippen LogP) is 4.76. The monoisotopic (exact) mass is 511 g/mol. The van der Waals surface area contributed by atoms with E-state index < -0.39 is 24.3 Å². The van der Waals surface area contributed by atoms with Crippen molar-refractivity contribution >= 4 is 22.7 Å². The molecule has 2 aromatic rings. The molecule has 1 saturated carbocycles. The van der Waals surface area contributed by atoms with Crippen LogP contribution in [0.15, 0.2) is 24.3 Å². The number of aliphatic hydroxyl groups excluding tert-OH is 2. The van der Waals surface area contributed by atoms with E-state index in [2.05, 4.69) is 24.1 Å². The van der Waals surface area contributed by atoms with E-state index in [1.165, 1.54) is 19.3 Å². The summed E-state index contributed by atoms with van der Waals surface area (Å²) in [5, 5.41) is 26.1. The van der Waals surface area contributed by atoms with E-state index in [0.717, 1.165) is 29.3 Å². The maximum Gasteiger partial charge on any atom is 0.271 e. The topological polar surface area (TPSA) is 106 Å². The van der Waals surface area contributed by atoms with E-state index in [1.807, 2.05) is 38.1 Å². The van der Waals surface area contributed by atoms with E-state index in [1.54, 1.807) is 4.90 Å². The second-order valence-corrected chi connectivity index (χ2v) is 12.1. The number of rotatable bonds is 11. The molecular weight excluding hydrogens is 466 g/mol. The number of amides is 2. The van der Waals surface area contributed by atoms with Crippen LogP contribution >= 0.6 is 0 Å². The molecule has 37 heavy (non-hydrogen) atoms. The van der Waals surface area contributed by atoms with Crippen molar-refractivity contribution in [2.75, 3.05) is 0 Å². The van der Waals surface area contributed by atoms with Crippen LogP contribution in [0.25, 0.3) is 10.9 Å². The van der Waals surface area contributed by atoms with E-state index in [-0.39, 0.29) is 23.7 Å². The number of hydrogen-bond donors (Lipinski definition) is 4. The predicted molar refractivity (Wildman–Crippen MR) is 146 cm³/mol. The minimum absolute atomic E-state index is 0.156. The molecule has 4 atom stereocenters. The molecule has 0 unspecified atom stereocenters. The number of aromatic nitrogens is 1. The highest BCUT2D eigenvalue weighted by Gasteiger charge is 2.40. The van der Waals surface area contributed by atoms with Gasteiger partial charge in [0.2, 0.25) is 5.91 Å². The number of carbonyl (C=O) groups is 2. The fourth-order valence-electron chi connectivity index (χ4n) is 6.24. The Labute approximate surface area is 221 Å². The van der Waals surface area contributed by atoms with Crippen molar-refractivity contribution in [1.82, 2.24) is 15.2 Å². The smallest absolute Gasteiger partial charge is 0.271 e. The van der Waals surface area contributed by atoms with Crippen molar-refractivity contribution in [1.29, 1.82) is 0 Å². The number of benzene rings is 1. The zero-order chi connectivity index (χ0) is 26.7. The minimum Gasteiger partial charge on any atom is -0.390 e. The molecule has 2 heterocycles. The molecular formula is C30H45N3O4. The zero-order valence-electron chi connectivity index (χ0n) is 22.9. The number of hydrogen-bond acceptors (Lipinski definition) is 4. The third kappa shape index (κ3) is 6.37. The van der Waals surface area contributed by atoms with Gasteiger partial charge in [0, 0.05) is 23.0 Å². The van der Waals surface area contributed by atoms with E-state index in [9.17, 15) is 19.8 Å². The van der Waals surface area contributed by atoms with Crippen molar-refractivity contribution in [2.24, 2.45) is 17.8 Å². The van der Waals surface area contributed by atoms with Gasteiger partial charge in [-0.25, -0.2) is 0 Å². The number of nitrogens with one attached hydrogen (secondary N) is 2. The molecule has 0 saturated heterocycles. The highest BCUT2D eigenvalue weighted by molar-refractivity contribution is 6.05. The van der Waals surface area contributed by atoms with Crippen LogP contribution in [0.5, 0.6) is 0 Å². The second kappa shape index (κ2) is 12.0. The first-order valence-corrected chi connectivity index (χ1v) is 14.2. The number of carbonyl (C=O) groups excluding carboxylic acids is 2. The van der Waals surface area contributed by atoms with Gasteiger partial charge in [0.25, 0.3) is 5.91 Å². The molecule has 204 valence electrons. The maximum absolute atomic E-state index is 13.8. The summed E-state index contributed by atoms with van der Waals surface area (Å²) < 4.78 is 0. The number of aliphatic hydroxyl groups is 2. The van der Waals surface area contributed by atoms with Crippen LogP contribution in [0.4, 0.5) is 0 Å². The molecule has 1 aromatic carbocycles. The minimum atomic E-state index is -1.04. The van der Waals surface area contributed by atoms with E-state index >= 15 is 0 Å². The summed E-state index contributed by atoms with van der Waals surface area (Å²) in [7, 11) is 0. The molecule has 0 spiro atoms. The first-order chi connectivity index (χ1) is 17.7. The summed E-state index contributed by atoms with van der Waals surface area (Å²) in [5.41, 5.74) is 2.43.